The van der Waals surface area contributed by atoms with E-state index in [2.05, 4.69) is 10.4 Å². The molecule has 5 rings (SSSR count). The summed E-state index contributed by atoms with van der Waals surface area (Å²) in [5.74, 6) is -0.972. The van der Waals surface area contributed by atoms with Gasteiger partial charge in [-0.1, -0.05) is 49.6 Å². The van der Waals surface area contributed by atoms with Crippen LogP contribution in [0.5, 0.6) is 11.5 Å². The summed E-state index contributed by atoms with van der Waals surface area (Å²) in [5, 5.41) is 7.31. The van der Waals surface area contributed by atoms with Crippen molar-refractivity contribution in [3.8, 4) is 17.2 Å². The van der Waals surface area contributed by atoms with Crippen LogP contribution in [-0.4, -0.2) is 31.9 Å². The van der Waals surface area contributed by atoms with Crippen LogP contribution in [0.4, 0.5) is 19.3 Å². The third-order valence-corrected chi connectivity index (χ3v) is 6.40. The molecule has 10 heteroatoms. The number of tetrazole rings is 1. The van der Waals surface area contributed by atoms with Crippen LogP contribution in [0, 0.1) is 18.6 Å². The van der Waals surface area contributed by atoms with Crippen molar-refractivity contribution >= 4 is 11.7 Å². The second-order valence-electron chi connectivity index (χ2n) is 8.99. The van der Waals surface area contributed by atoms with Gasteiger partial charge in [-0.3, -0.25) is 4.90 Å². The normalized spacial score (nSPS) is 13.9. The van der Waals surface area contributed by atoms with Crippen molar-refractivity contribution in [3.05, 3.63) is 94.4 Å². The van der Waals surface area contributed by atoms with Crippen molar-refractivity contribution in [2.75, 3.05) is 4.90 Å². The molecule has 1 heterocycles. The number of amides is 1. The number of hydrogen-bond donors (Lipinski definition) is 0. The topological polar surface area (TPSA) is 82.3 Å². The van der Waals surface area contributed by atoms with E-state index in [1.54, 1.807) is 18.2 Å². The minimum absolute atomic E-state index is 0.232. The van der Waals surface area contributed by atoms with Gasteiger partial charge in [0.05, 0.1) is 5.69 Å². The van der Waals surface area contributed by atoms with E-state index in [0.717, 1.165) is 49.8 Å². The molecule has 4 aromatic rings. The summed E-state index contributed by atoms with van der Waals surface area (Å²) < 4.78 is 35.9. The van der Waals surface area contributed by atoms with E-state index < -0.39 is 29.0 Å². The zero-order valence-electron chi connectivity index (χ0n) is 20.2. The number of carbonyl (C=O) groups is 1. The zero-order chi connectivity index (χ0) is 25.9. The average Bonchev–Trinajstić information content (AvgIpc) is 3.27. The van der Waals surface area contributed by atoms with Gasteiger partial charge in [0.1, 0.15) is 11.4 Å². The van der Waals surface area contributed by atoms with Gasteiger partial charge >= 0.3 is 11.7 Å². The Labute approximate surface area is 211 Å². The Morgan fingerprint density at radius 3 is 2.35 bits per heavy atom. The zero-order valence-corrected chi connectivity index (χ0v) is 20.2. The minimum Gasteiger partial charge on any atom is -0.455 e. The van der Waals surface area contributed by atoms with Gasteiger partial charge in [0.15, 0.2) is 17.4 Å². The Morgan fingerprint density at radius 2 is 1.65 bits per heavy atom. The van der Waals surface area contributed by atoms with Crippen molar-refractivity contribution in [2.45, 2.75) is 45.1 Å². The van der Waals surface area contributed by atoms with E-state index in [0.29, 0.717) is 26.6 Å². The molecule has 37 heavy (non-hydrogen) atoms. The van der Waals surface area contributed by atoms with Crippen LogP contribution >= 0.6 is 0 Å². The van der Waals surface area contributed by atoms with E-state index in [-0.39, 0.29) is 6.04 Å². The molecule has 1 aliphatic carbocycles. The molecule has 1 amide bonds. The third-order valence-electron chi connectivity index (χ3n) is 6.40. The van der Waals surface area contributed by atoms with Gasteiger partial charge in [-0.05, 0) is 72.2 Å². The molecule has 0 unspecified atom stereocenters. The fourth-order valence-electron chi connectivity index (χ4n) is 4.61. The first-order chi connectivity index (χ1) is 17.9. The first-order valence-corrected chi connectivity index (χ1v) is 12.1. The first kappa shape index (κ1) is 24.4. The maximum absolute atomic E-state index is 14.3. The Balaban J connectivity index is 1.60. The summed E-state index contributed by atoms with van der Waals surface area (Å²) in [5.41, 5.74) is -0.389. The first-order valence-electron chi connectivity index (χ1n) is 12.1. The maximum atomic E-state index is 14.3. The highest BCUT2D eigenvalue weighted by atomic mass is 19.1. The number of para-hydroxylation sites is 2. The number of carbonyl (C=O) groups excluding carboxylic acids is 1. The van der Waals surface area contributed by atoms with E-state index in [1.807, 2.05) is 37.3 Å². The molecular formula is C27H25F2N5O3. The highest BCUT2D eigenvalue weighted by Crippen LogP contribution is 2.37. The number of ether oxygens (including phenoxy) is 1. The predicted molar refractivity (Wildman–Crippen MR) is 133 cm³/mol. The van der Waals surface area contributed by atoms with Crippen molar-refractivity contribution in [1.29, 1.82) is 0 Å². The highest BCUT2D eigenvalue weighted by molar-refractivity contribution is 5.95. The molecule has 0 aliphatic heterocycles. The fraction of sp³-hybridized carbons (Fsp3) is 0.259. The number of benzene rings is 3. The number of anilines is 1. The number of aryl methyl sites for hydroxylation is 1. The van der Waals surface area contributed by atoms with Gasteiger partial charge in [-0.2, -0.15) is 4.68 Å². The van der Waals surface area contributed by atoms with Crippen molar-refractivity contribution < 1.29 is 18.3 Å². The predicted octanol–water partition coefficient (Wildman–Crippen LogP) is 5.62. The summed E-state index contributed by atoms with van der Waals surface area (Å²) in [6.07, 6.45) is 4.31. The summed E-state index contributed by atoms with van der Waals surface area (Å²) in [6, 6.07) is 16.8. The molecule has 0 atom stereocenters. The van der Waals surface area contributed by atoms with Crippen LogP contribution in [0.1, 0.15) is 37.7 Å². The lowest BCUT2D eigenvalue weighted by Crippen LogP contribution is -2.47. The van der Waals surface area contributed by atoms with Crippen molar-refractivity contribution in [3.63, 3.8) is 0 Å². The number of hydrogen-bond acceptors (Lipinski definition) is 5. The number of aromatic nitrogens is 4. The van der Waals surface area contributed by atoms with Crippen LogP contribution in [0.25, 0.3) is 5.69 Å². The summed E-state index contributed by atoms with van der Waals surface area (Å²) in [6.45, 7) is 1.91. The van der Waals surface area contributed by atoms with Gasteiger partial charge in [0.2, 0.25) is 0 Å². The molecule has 0 saturated heterocycles. The van der Waals surface area contributed by atoms with Gasteiger partial charge < -0.3 is 4.74 Å². The highest BCUT2D eigenvalue weighted by Gasteiger charge is 2.33. The number of rotatable bonds is 5. The Kier molecular flexibility index (Phi) is 6.80. The standard InChI is InChI=1S/C27H25F2N5O3/c1-18-15-16-23(24(17-18)37-20-11-6-3-7-12-20)32(19-9-4-2-5-10-19)26(35)34-27(36)33(30-31-34)25-21(28)13-8-14-22(25)29/h3,6-8,11-17,19H,2,4-5,9-10H2,1H3. The smallest absolute Gasteiger partial charge is 0.377 e. The molecule has 0 bridgehead atoms. The largest absolute Gasteiger partial charge is 0.455 e. The van der Waals surface area contributed by atoms with Crippen molar-refractivity contribution in [1.82, 2.24) is 19.8 Å². The second kappa shape index (κ2) is 10.3. The summed E-state index contributed by atoms with van der Waals surface area (Å²) in [7, 11) is 0. The van der Waals surface area contributed by atoms with E-state index in [9.17, 15) is 18.4 Å². The molecule has 1 aliphatic rings. The maximum Gasteiger partial charge on any atom is 0.377 e. The lowest BCUT2D eigenvalue weighted by Gasteiger charge is -2.34. The molecule has 3 aromatic carbocycles. The third kappa shape index (κ3) is 4.87. The van der Waals surface area contributed by atoms with E-state index in [1.165, 1.54) is 11.0 Å². The number of halogens is 2. The summed E-state index contributed by atoms with van der Waals surface area (Å²) >= 11 is 0. The molecule has 1 saturated carbocycles. The minimum atomic E-state index is -1.08. The van der Waals surface area contributed by atoms with Crippen LogP contribution in [-0.2, 0) is 0 Å². The molecule has 0 spiro atoms. The van der Waals surface area contributed by atoms with E-state index >= 15 is 0 Å². The van der Waals surface area contributed by atoms with Gasteiger partial charge in [-0.15, -0.1) is 4.68 Å². The van der Waals surface area contributed by atoms with Crippen LogP contribution in [0.2, 0.25) is 0 Å². The monoisotopic (exact) mass is 505 g/mol. The molecular weight excluding hydrogens is 480 g/mol. The van der Waals surface area contributed by atoms with Crippen LogP contribution in [0.15, 0.2) is 71.5 Å². The molecule has 190 valence electrons. The van der Waals surface area contributed by atoms with Gasteiger partial charge in [0, 0.05) is 6.04 Å². The Hall–Kier alpha value is -4.34. The molecule has 1 aromatic heterocycles. The van der Waals surface area contributed by atoms with E-state index in [4.69, 9.17) is 4.74 Å². The van der Waals surface area contributed by atoms with Crippen LogP contribution < -0.4 is 15.3 Å². The number of nitrogens with zero attached hydrogens (tertiary/aromatic N) is 5. The van der Waals surface area contributed by atoms with Crippen molar-refractivity contribution in [2.24, 2.45) is 0 Å². The van der Waals surface area contributed by atoms with Crippen LogP contribution in [0.3, 0.4) is 0 Å². The van der Waals surface area contributed by atoms with Gasteiger partial charge in [0.25, 0.3) is 0 Å². The Morgan fingerprint density at radius 1 is 0.946 bits per heavy atom. The SMILES string of the molecule is Cc1ccc(N(C(=O)n2nnn(-c3c(F)cccc3F)c2=O)C2CCCCC2)c(Oc2ccccc2)c1. The lowest BCUT2D eigenvalue weighted by molar-refractivity contribution is 0.238. The second-order valence-corrected chi connectivity index (χ2v) is 8.99. The Bertz CT molecular complexity index is 1460. The lowest BCUT2D eigenvalue weighted by atomic mass is 9.94. The summed E-state index contributed by atoms with van der Waals surface area (Å²) in [4.78, 5) is 28.5. The van der Waals surface area contributed by atoms with Gasteiger partial charge in [-0.25, -0.2) is 18.4 Å². The fourth-order valence-corrected chi connectivity index (χ4v) is 4.61. The average molecular weight is 506 g/mol. The molecule has 0 N–H and O–H groups in total. The molecule has 8 nitrogen and oxygen atoms in total. The molecule has 1 fully saturated rings. The quantitative estimate of drug-likeness (QED) is 0.329. The molecule has 0 radical (unpaired) electrons.